The number of alkyl halides is 3. The number of carbonyl (C=O) groups excluding carboxylic acids is 1. The van der Waals surface area contributed by atoms with Crippen molar-refractivity contribution in [3.05, 3.63) is 35.9 Å². The van der Waals surface area contributed by atoms with Gasteiger partial charge in [-0.25, -0.2) is 0 Å². The third-order valence-electron chi connectivity index (χ3n) is 2.56. The second-order valence-electron chi connectivity index (χ2n) is 4.24. The van der Waals surface area contributed by atoms with Gasteiger partial charge in [-0.05, 0) is 25.5 Å². The van der Waals surface area contributed by atoms with Crippen LogP contribution in [0.5, 0.6) is 0 Å². The number of amides is 1. The normalized spacial score (nSPS) is 13.1. The Morgan fingerprint density at radius 1 is 1.26 bits per heavy atom. The Morgan fingerprint density at radius 3 is 2.47 bits per heavy atom. The molecular formula is C13H17F3N2O. The Kier molecular flexibility index (Phi) is 5.82. The molecule has 3 nitrogen and oxygen atoms in total. The Bertz CT molecular complexity index is 393. The standard InChI is InChI=1S/C13H17F3N2O/c1-10(12(19)18-9-13(14,15)16)17-8-7-11-5-3-2-4-6-11/h2-6,10,17H,7-9H2,1H3,(H,18,19). The van der Waals surface area contributed by atoms with Crippen LogP contribution in [0.15, 0.2) is 30.3 Å². The van der Waals surface area contributed by atoms with E-state index in [0.29, 0.717) is 6.54 Å². The van der Waals surface area contributed by atoms with Gasteiger partial charge in [-0.1, -0.05) is 30.3 Å². The number of halogens is 3. The van der Waals surface area contributed by atoms with Gasteiger partial charge >= 0.3 is 6.18 Å². The molecule has 0 fully saturated rings. The summed E-state index contributed by atoms with van der Waals surface area (Å²) in [5.41, 5.74) is 1.11. The lowest BCUT2D eigenvalue weighted by atomic mass is 10.1. The van der Waals surface area contributed by atoms with Crippen LogP contribution in [-0.2, 0) is 11.2 Å². The monoisotopic (exact) mass is 274 g/mol. The average Bonchev–Trinajstić information content (AvgIpc) is 2.36. The number of carbonyl (C=O) groups is 1. The maximum absolute atomic E-state index is 11.9. The molecule has 0 heterocycles. The van der Waals surface area contributed by atoms with Gasteiger partial charge in [0.05, 0.1) is 6.04 Å². The van der Waals surface area contributed by atoms with Crippen LogP contribution < -0.4 is 10.6 Å². The summed E-state index contributed by atoms with van der Waals surface area (Å²) in [7, 11) is 0. The summed E-state index contributed by atoms with van der Waals surface area (Å²) in [4.78, 5) is 11.4. The number of rotatable bonds is 6. The second-order valence-corrected chi connectivity index (χ2v) is 4.24. The van der Waals surface area contributed by atoms with Crippen molar-refractivity contribution in [2.45, 2.75) is 25.6 Å². The van der Waals surface area contributed by atoms with E-state index in [1.165, 1.54) is 6.92 Å². The number of nitrogens with one attached hydrogen (secondary N) is 2. The van der Waals surface area contributed by atoms with Crippen molar-refractivity contribution < 1.29 is 18.0 Å². The molecule has 0 aliphatic heterocycles. The molecule has 6 heteroatoms. The topological polar surface area (TPSA) is 41.1 Å². The molecule has 0 bridgehead atoms. The van der Waals surface area contributed by atoms with E-state index in [4.69, 9.17) is 0 Å². The average molecular weight is 274 g/mol. The summed E-state index contributed by atoms with van der Waals surface area (Å²) in [5.74, 6) is -0.648. The third kappa shape index (κ3) is 6.81. The van der Waals surface area contributed by atoms with E-state index < -0.39 is 24.7 Å². The molecule has 106 valence electrons. The summed E-state index contributed by atoms with van der Waals surface area (Å²) in [6.45, 7) is 0.776. The predicted molar refractivity (Wildman–Crippen MR) is 66.7 cm³/mol. The molecule has 2 N–H and O–H groups in total. The quantitative estimate of drug-likeness (QED) is 0.831. The molecule has 0 saturated heterocycles. The van der Waals surface area contributed by atoms with E-state index >= 15 is 0 Å². The molecule has 0 aliphatic carbocycles. The maximum atomic E-state index is 11.9. The summed E-state index contributed by atoms with van der Waals surface area (Å²) < 4.78 is 35.8. The first kappa shape index (κ1) is 15.5. The van der Waals surface area contributed by atoms with Gasteiger partial charge in [0.25, 0.3) is 0 Å². The van der Waals surface area contributed by atoms with Gasteiger partial charge in [-0.3, -0.25) is 4.79 Å². The summed E-state index contributed by atoms with van der Waals surface area (Å²) in [6, 6.07) is 8.99. The fourth-order valence-electron chi connectivity index (χ4n) is 1.51. The first-order valence-corrected chi connectivity index (χ1v) is 6.00. The zero-order valence-corrected chi connectivity index (χ0v) is 10.6. The van der Waals surface area contributed by atoms with Crippen molar-refractivity contribution >= 4 is 5.91 Å². The maximum Gasteiger partial charge on any atom is 0.405 e. The van der Waals surface area contributed by atoms with E-state index in [1.54, 1.807) is 0 Å². The minimum atomic E-state index is -4.38. The lowest BCUT2D eigenvalue weighted by Crippen LogP contribution is -2.45. The predicted octanol–water partition coefficient (Wildman–Crippen LogP) is 1.89. The van der Waals surface area contributed by atoms with Crippen molar-refractivity contribution in [1.29, 1.82) is 0 Å². The molecule has 1 amide bonds. The minimum Gasteiger partial charge on any atom is -0.346 e. The molecule has 1 atom stereocenters. The van der Waals surface area contributed by atoms with Crippen LogP contribution in [-0.4, -0.2) is 31.2 Å². The second kappa shape index (κ2) is 7.13. The molecule has 0 aliphatic rings. The Hall–Kier alpha value is -1.56. The molecule has 0 radical (unpaired) electrons. The Morgan fingerprint density at radius 2 is 1.89 bits per heavy atom. The van der Waals surface area contributed by atoms with E-state index in [2.05, 4.69) is 5.32 Å². The SMILES string of the molecule is CC(NCCc1ccccc1)C(=O)NCC(F)(F)F. The van der Waals surface area contributed by atoms with Crippen LogP contribution in [0, 0.1) is 0 Å². The number of hydrogen-bond acceptors (Lipinski definition) is 2. The smallest absolute Gasteiger partial charge is 0.346 e. The fourth-order valence-corrected chi connectivity index (χ4v) is 1.51. The Balaban J connectivity index is 2.23. The van der Waals surface area contributed by atoms with Crippen molar-refractivity contribution in [1.82, 2.24) is 10.6 Å². The molecule has 1 aromatic rings. The van der Waals surface area contributed by atoms with E-state index in [9.17, 15) is 18.0 Å². The molecule has 1 unspecified atom stereocenters. The lowest BCUT2D eigenvalue weighted by molar-refractivity contribution is -0.139. The van der Waals surface area contributed by atoms with Crippen molar-refractivity contribution in [3.8, 4) is 0 Å². The van der Waals surface area contributed by atoms with Crippen molar-refractivity contribution in [2.75, 3.05) is 13.1 Å². The molecular weight excluding hydrogens is 257 g/mol. The van der Waals surface area contributed by atoms with Crippen LogP contribution in [0.4, 0.5) is 13.2 Å². The first-order valence-electron chi connectivity index (χ1n) is 6.00. The molecule has 0 spiro atoms. The zero-order chi connectivity index (χ0) is 14.3. The van der Waals surface area contributed by atoms with Gasteiger partial charge in [-0.2, -0.15) is 13.2 Å². The van der Waals surface area contributed by atoms with Crippen LogP contribution in [0.2, 0.25) is 0 Å². The molecule has 0 saturated carbocycles. The van der Waals surface area contributed by atoms with Gasteiger partial charge < -0.3 is 10.6 Å². The number of hydrogen-bond donors (Lipinski definition) is 2. The lowest BCUT2D eigenvalue weighted by Gasteiger charge is -2.15. The van der Waals surface area contributed by atoms with Crippen LogP contribution in [0.1, 0.15) is 12.5 Å². The summed E-state index contributed by atoms with van der Waals surface area (Å²) in [6.07, 6.45) is -3.66. The van der Waals surface area contributed by atoms with Gasteiger partial charge in [0, 0.05) is 0 Å². The largest absolute Gasteiger partial charge is 0.405 e. The van der Waals surface area contributed by atoms with Crippen LogP contribution >= 0.6 is 0 Å². The highest BCUT2D eigenvalue weighted by Crippen LogP contribution is 2.12. The highest BCUT2D eigenvalue weighted by atomic mass is 19.4. The van der Waals surface area contributed by atoms with E-state index in [-0.39, 0.29) is 0 Å². The van der Waals surface area contributed by atoms with Gasteiger partial charge in [0.1, 0.15) is 6.54 Å². The third-order valence-corrected chi connectivity index (χ3v) is 2.56. The molecule has 1 aromatic carbocycles. The summed E-state index contributed by atoms with van der Waals surface area (Å²) in [5, 5.41) is 4.73. The molecule has 1 rings (SSSR count). The van der Waals surface area contributed by atoms with Crippen LogP contribution in [0.3, 0.4) is 0 Å². The molecule has 0 aromatic heterocycles. The Labute approximate surface area is 110 Å². The van der Waals surface area contributed by atoms with Crippen LogP contribution in [0.25, 0.3) is 0 Å². The highest BCUT2D eigenvalue weighted by molar-refractivity contribution is 5.81. The van der Waals surface area contributed by atoms with E-state index in [0.717, 1.165) is 12.0 Å². The van der Waals surface area contributed by atoms with Crippen molar-refractivity contribution in [3.63, 3.8) is 0 Å². The first-order chi connectivity index (χ1) is 8.88. The van der Waals surface area contributed by atoms with E-state index in [1.807, 2.05) is 35.6 Å². The van der Waals surface area contributed by atoms with Gasteiger partial charge in [0.2, 0.25) is 5.91 Å². The fraction of sp³-hybridized carbons (Fsp3) is 0.462. The number of benzene rings is 1. The van der Waals surface area contributed by atoms with Crippen molar-refractivity contribution in [2.24, 2.45) is 0 Å². The zero-order valence-electron chi connectivity index (χ0n) is 10.6. The van der Waals surface area contributed by atoms with Gasteiger partial charge in [0.15, 0.2) is 0 Å². The van der Waals surface area contributed by atoms with Gasteiger partial charge in [-0.15, -0.1) is 0 Å². The minimum absolute atomic E-state index is 0.532. The highest BCUT2D eigenvalue weighted by Gasteiger charge is 2.28. The summed E-state index contributed by atoms with van der Waals surface area (Å²) >= 11 is 0. The molecule has 19 heavy (non-hydrogen) atoms.